The van der Waals surface area contributed by atoms with Crippen molar-refractivity contribution < 1.29 is 58.2 Å². The van der Waals surface area contributed by atoms with Crippen LogP contribution in [0.25, 0.3) is 0 Å². The molecule has 2 aromatic rings. The Hall–Kier alpha value is -5.80. The fourth-order valence-electron chi connectivity index (χ4n) is 7.68. The van der Waals surface area contributed by atoms with Gasteiger partial charge in [-0.15, -0.1) is 11.8 Å². The molecule has 4 aliphatic heterocycles. The first-order chi connectivity index (χ1) is 27.6. The van der Waals surface area contributed by atoms with Crippen LogP contribution in [0.15, 0.2) is 59.1 Å². The summed E-state index contributed by atoms with van der Waals surface area (Å²) in [5.41, 5.74) is 0.660. The lowest BCUT2D eigenvalue weighted by Crippen LogP contribution is -2.63. The highest BCUT2D eigenvalue weighted by molar-refractivity contribution is 8.03. The van der Waals surface area contributed by atoms with Gasteiger partial charge in [-0.25, -0.2) is 14.4 Å². The number of likely N-dealkylation sites (tertiary alicyclic amines) is 1. The second-order valence-corrected chi connectivity index (χ2v) is 15.7. The minimum Gasteiger partial charge on any atom is -0.477 e. The van der Waals surface area contributed by atoms with Crippen molar-refractivity contribution in [3.8, 4) is 0 Å². The number of rotatable bonds is 14. The van der Waals surface area contributed by atoms with Gasteiger partial charge in [-0.2, -0.15) is 0 Å². The number of aliphatic hydroxyl groups excluding tert-OH is 1. The van der Waals surface area contributed by atoms with Gasteiger partial charge in [0.25, 0.3) is 11.4 Å². The van der Waals surface area contributed by atoms with Gasteiger partial charge in [0.1, 0.15) is 31.6 Å². The number of carboxylic acid groups (broad SMARTS) is 1. The van der Waals surface area contributed by atoms with E-state index in [1.165, 1.54) is 77.0 Å². The van der Waals surface area contributed by atoms with Crippen molar-refractivity contribution in [2.24, 2.45) is 11.8 Å². The van der Waals surface area contributed by atoms with Crippen LogP contribution in [0.4, 0.5) is 21.0 Å². The van der Waals surface area contributed by atoms with E-state index >= 15 is 0 Å². The number of hydrogen-bond acceptors (Lipinski definition) is 15. The molecule has 0 unspecified atom stereocenters. The van der Waals surface area contributed by atoms with E-state index in [1.807, 2.05) is 4.90 Å². The number of thioether (sulfide) groups is 1. The van der Waals surface area contributed by atoms with Crippen LogP contribution >= 0.6 is 11.8 Å². The Morgan fingerprint density at radius 3 is 2.00 bits per heavy atom. The van der Waals surface area contributed by atoms with E-state index in [0.717, 1.165) is 0 Å². The summed E-state index contributed by atoms with van der Waals surface area (Å²) in [6.45, 7) is 4.80. The maximum atomic E-state index is 14.1. The number of carbonyl (C=O) groups is 5. The topological polar surface area (TPSA) is 253 Å². The number of amides is 3. The third-order valence-corrected chi connectivity index (χ3v) is 12.2. The number of ether oxygens (including phenoxy) is 3. The first-order valence-corrected chi connectivity index (χ1v) is 19.4. The van der Waals surface area contributed by atoms with Crippen LogP contribution in [0.3, 0.4) is 0 Å². The number of nitro groups is 2. The standard InChI is InChI=1S/C37H42N6O14S/c1-21-30-29(22(2)44)34(46)41(30)31(35(47)48)32(21)58-27-17-28(40(18-27)36(49)56-19-23-3-7-25(8-4-23)42(51)52)33(45)39-13-11-38(12-14-39)15-16-55-37(50)57-20-24-5-9-26(10-6-24)43(53)54/h3-10,21-22,27-30,44H,11-20H2,1-2H3,(H,47,48)/t21-,22-,27-,28-,29-,30-/m1/s1. The number of β-lactam (4-membered cyclic amide) rings is 1. The third kappa shape index (κ3) is 9.00. The molecule has 2 N–H and O–H groups in total. The Kier molecular flexibility index (Phi) is 12.8. The number of benzene rings is 2. The Morgan fingerprint density at radius 1 is 0.897 bits per heavy atom. The second-order valence-electron chi connectivity index (χ2n) is 14.4. The fraction of sp³-hybridized carbons (Fsp3) is 0.486. The quantitative estimate of drug-likeness (QED) is 0.120. The van der Waals surface area contributed by atoms with Crippen LogP contribution in [-0.2, 0) is 41.8 Å². The second kappa shape index (κ2) is 17.8. The molecule has 0 saturated carbocycles. The molecule has 2 aromatic carbocycles. The first-order valence-electron chi connectivity index (χ1n) is 18.5. The molecule has 0 spiro atoms. The first kappa shape index (κ1) is 41.8. The van der Waals surface area contributed by atoms with Gasteiger partial charge in [0.05, 0.1) is 27.9 Å². The smallest absolute Gasteiger partial charge is 0.477 e. The zero-order chi connectivity index (χ0) is 41.8. The van der Waals surface area contributed by atoms with Crippen LogP contribution in [-0.4, -0.2) is 139 Å². The Morgan fingerprint density at radius 2 is 1.47 bits per heavy atom. The number of non-ortho nitro benzene ring substituents is 2. The molecule has 0 bridgehead atoms. The van der Waals surface area contributed by atoms with Gasteiger partial charge in [-0.05, 0) is 48.7 Å². The van der Waals surface area contributed by atoms with Gasteiger partial charge in [0.2, 0.25) is 11.8 Å². The average molecular weight is 827 g/mol. The molecule has 21 heteroatoms. The van der Waals surface area contributed by atoms with Crippen LogP contribution in [0.5, 0.6) is 0 Å². The number of fused-ring (bicyclic) bond motifs is 1. The van der Waals surface area contributed by atoms with E-state index in [4.69, 9.17) is 14.2 Å². The lowest BCUT2D eigenvalue weighted by atomic mass is 9.79. The summed E-state index contributed by atoms with van der Waals surface area (Å²) in [6.07, 6.45) is -2.51. The van der Waals surface area contributed by atoms with Gasteiger partial charge in [-0.3, -0.25) is 39.6 Å². The van der Waals surface area contributed by atoms with Crippen LogP contribution in [0.2, 0.25) is 0 Å². The van der Waals surface area contributed by atoms with Crippen LogP contribution in [0.1, 0.15) is 31.4 Å². The van der Waals surface area contributed by atoms with Crippen LogP contribution in [0, 0.1) is 32.1 Å². The summed E-state index contributed by atoms with van der Waals surface area (Å²) in [6, 6.07) is 9.55. The molecule has 3 saturated heterocycles. The van der Waals surface area contributed by atoms with Gasteiger partial charge >= 0.3 is 18.2 Å². The summed E-state index contributed by atoms with van der Waals surface area (Å²) >= 11 is 1.20. The van der Waals surface area contributed by atoms with Crippen molar-refractivity contribution in [2.75, 3.05) is 45.9 Å². The van der Waals surface area contributed by atoms with Crippen molar-refractivity contribution in [1.29, 1.82) is 0 Å². The number of carbonyl (C=O) groups excluding carboxylic acids is 4. The van der Waals surface area contributed by atoms with Crippen molar-refractivity contribution in [3.05, 3.63) is 90.5 Å². The number of piperazine rings is 1. The highest BCUT2D eigenvalue weighted by atomic mass is 32.2. The van der Waals surface area contributed by atoms with E-state index in [0.29, 0.717) is 48.8 Å². The largest absolute Gasteiger partial charge is 0.508 e. The molecule has 0 aliphatic carbocycles. The van der Waals surface area contributed by atoms with E-state index in [2.05, 4.69) is 0 Å². The van der Waals surface area contributed by atoms with Gasteiger partial charge in [0.15, 0.2) is 0 Å². The maximum absolute atomic E-state index is 14.1. The molecule has 20 nitrogen and oxygen atoms in total. The monoisotopic (exact) mass is 826 g/mol. The van der Waals surface area contributed by atoms with Crippen molar-refractivity contribution in [2.45, 2.75) is 56.9 Å². The van der Waals surface area contributed by atoms with E-state index in [-0.39, 0.29) is 55.8 Å². The third-order valence-electron chi connectivity index (χ3n) is 10.7. The summed E-state index contributed by atoms with van der Waals surface area (Å²) in [4.78, 5) is 92.6. The van der Waals surface area contributed by atoms with Crippen LogP contribution < -0.4 is 0 Å². The number of nitrogens with zero attached hydrogens (tertiary/aromatic N) is 6. The molecule has 310 valence electrons. The highest BCUT2D eigenvalue weighted by Crippen LogP contribution is 2.52. The highest BCUT2D eigenvalue weighted by Gasteiger charge is 2.60. The summed E-state index contributed by atoms with van der Waals surface area (Å²) < 4.78 is 15.8. The Labute approximate surface area is 335 Å². The SMILES string of the molecule is C[C@@H](O)[C@H]1C(=O)N2C(C(=O)O)=C(S[C@@H]3C[C@H](C(=O)N4CCN(CCOC(=O)OCc5ccc([N+](=O)[O-])cc5)CC4)N(C(=O)OCc4ccc([N+](=O)[O-])cc4)C3)[C@H](C)[C@H]12. The maximum Gasteiger partial charge on any atom is 0.508 e. The van der Waals surface area contributed by atoms with Crippen molar-refractivity contribution >= 4 is 53.2 Å². The van der Waals surface area contributed by atoms with E-state index in [1.54, 1.807) is 11.8 Å². The zero-order valence-electron chi connectivity index (χ0n) is 31.5. The Balaban J connectivity index is 1.06. The lowest BCUT2D eigenvalue weighted by Gasteiger charge is -2.46. The predicted octanol–water partition coefficient (Wildman–Crippen LogP) is 2.97. The molecule has 4 heterocycles. The number of carboxylic acids is 1. The summed E-state index contributed by atoms with van der Waals surface area (Å²) in [5, 5.41) is 41.8. The van der Waals surface area contributed by atoms with E-state index in [9.17, 15) is 54.4 Å². The molecule has 58 heavy (non-hydrogen) atoms. The normalized spacial score (nSPS) is 23.5. The molecule has 6 atom stereocenters. The number of hydrogen-bond donors (Lipinski definition) is 2. The van der Waals surface area contributed by atoms with Crippen molar-refractivity contribution in [3.63, 3.8) is 0 Å². The summed E-state index contributed by atoms with van der Waals surface area (Å²) in [7, 11) is 0. The van der Waals surface area contributed by atoms with Gasteiger partial charge in [0, 0.05) is 79.6 Å². The number of aliphatic hydroxyl groups is 1. The Bertz CT molecular complexity index is 1970. The minimum atomic E-state index is -1.29. The molecule has 3 fully saturated rings. The molecule has 6 rings (SSSR count). The number of aliphatic carboxylic acids is 1. The zero-order valence-corrected chi connectivity index (χ0v) is 32.4. The molecule has 0 aromatic heterocycles. The van der Waals surface area contributed by atoms with E-state index < -0.39 is 69.2 Å². The number of nitro benzene ring substituents is 2. The molecular weight excluding hydrogens is 785 g/mol. The van der Waals surface area contributed by atoms with Gasteiger partial charge < -0.3 is 34.2 Å². The minimum absolute atomic E-state index is 0.0113. The predicted molar refractivity (Wildman–Crippen MR) is 202 cm³/mol. The van der Waals surface area contributed by atoms with Crippen molar-refractivity contribution in [1.82, 2.24) is 19.6 Å². The summed E-state index contributed by atoms with van der Waals surface area (Å²) in [5.74, 6) is -3.26. The fourth-order valence-corrected chi connectivity index (χ4v) is 9.20. The molecule has 3 amide bonds. The molecule has 4 aliphatic rings. The molecule has 0 radical (unpaired) electrons. The lowest BCUT2D eigenvalue weighted by molar-refractivity contribution is -0.385. The average Bonchev–Trinajstić information content (AvgIpc) is 3.73. The van der Waals surface area contributed by atoms with Gasteiger partial charge in [-0.1, -0.05) is 6.92 Å². The molecular formula is C37H42N6O14S.